The molecule has 0 atom stereocenters. The molecule has 0 radical (unpaired) electrons. The smallest absolute Gasteiger partial charge is 0.272 e. The van der Waals surface area contributed by atoms with Crippen LogP contribution in [0.2, 0.25) is 0 Å². The summed E-state index contributed by atoms with van der Waals surface area (Å²) in [5.74, 6) is -0.341. The fraction of sp³-hybridized carbons (Fsp3) is 0.368. The Morgan fingerprint density at radius 3 is 2.74 bits per heavy atom. The number of nitrogens with zero attached hydrogens (tertiary/aromatic N) is 4. The van der Waals surface area contributed by atoms with E-state index in [0.29, 0.717) is 62.0 Å². The number of carbonyl (C=O) groups is 1. The van der Waals surface area contributed by atoms with Crippen LogP contribution >= 0.6 is 0 Å². The van der Waals surface area contributed by atoms with Gasteiger partial charge >= 0.3 is 0 Å². The Morgan fingerprint density at radius 1 is 1.22 bits per heavy atom. The van der Waals surface area contributed by atoms with E-state index in [9.17, 15) is 4.79 Å². The summed E-state index contributed by atoms with van der Waals surface area (Å²) in [6, 6.07) is 10.7. The second kappa shape index (κ2) is 7.31. The lowest BCUT2D eigenvalue weighted by Gasteiger charge is -2.37. The zero-order valence-electron chi connectivity index (χ0n) is 14.7. The van der Waals surface area contributed by atoms with Gasteiger partial charge in [-0.3, -0.25) is 4.79 Å². The lowest BCUT2D eigenvalue weighted by Crippen LogP contribution is -2.47. The van der Waals surface area contributed by atoms with Crippen molar-refractivity contribution in [2.75, 3.05) is 31.6 Å². The molecule has 3 heterocycles. The van der Waals surface area contributed by atoms with Crippen LogP contribution in [-0.2, 0) is 9.47 Å². The molecule has 1 spiro atoms. The molecule has 2 aliphatic heterocycles. The largest absolute Gasteiger partial charge is 0.347 e. The van der Waals surface area contributed by atoms with Crippen LogP contribution < -0.4 is 5.32 Å². The van der Waals surface area contributed by atoms with Crippen molar-refractivity contribution in [1.29, 1.82) is 5.26 Å². The minimum Gasteiger partial charge on any atom is -0.347 e. The topological polar surface area (TPSA) is 100 Å². The van der Waals surface area contributed by atoms with E-state index in [0.717, 1.165) is 0 Å². The van der Waals surface area contributed by atoms with E-state index in [4.69, 9.17) is 14.7 Å². The Kier molecular flexibility index (Phi) is 4.71. The van der Waals surface area contributed by atoms with Crippen LogP contribution in [0.4, 0.5) is 11.6 Å². The molecule has 0 bridgehead atoms. The number of hydrogen-bond acceptors (Lipinski definition) is 7. The molecule has 2 fully saturated rings. The standard InChI is InChI=1S/C19H19N5O3/c20-13-14-2-1-3-15(12-14)22-18-21-7-4-16(23-18)17(25)24-8-5-19(6-9-24)26-10-11-27-19/h1-4,7,12H,5-6,8-11H2,(H,21,22,23). The second-order valence-corrected chi connectivity index (χ2v) is 6.48. The number of ether oxygens (including phenoxy) is 2. The molecule has 4 rings (SSSR count). The molecule has 8 heteroatoms. The van der Waals surface area contributed by atoms with E-state index in [1.807, 2.05) is 6.07 Å². The summed E-state index contributed by atoms with van der Waals surface area (Å²) >= 11 is 0. The molecule has 2 aliphatic rings. The number of nitriles is 1. The number of hydrogen-bond donors (Lipinski definition) is 1. The zero-order valence-corrected chi connectivity index (χ0v) is 14.7. The normalized spacial score (nSPS) is 18.3. The molecule has 1 N–H and O–H groups in total. The fourth-order valence-electron chi connectivity index (χ4n) is 3.33. The molecule has 1 aromatic carbocycles. The zero-order chi connectivity index (χ0) is 18.7. The molecule has 2 aromatic rings. The van der Waals surface area contributed by atoms with Gasteiger partial charge in [0.25, 0.3) is 5.91 Å². The first-order valence-electron chi connectivity index (χ1n) is 8.85. The number of benzene rings is 1. The number of carbonyl (C=O) groups excluding carboxylic acids is 1. The number of likely N-dealkylation sites (tertiary alicyclic amines) is 1. The molecule has 0 saturated carbocycles. The van der Waals surface area contributed by atoms with Crippen LogP contribution in [0, 0.1) is 11.3 Å². The highest BCUT2D eigenvalue weighted by molar-refractivity contribution is 5.92. The van der Waals surface area contributed by atoms with Gasteiger partial charge in [-0.2, -0.15) is 5.26 Å². The number of rotatable bonds is 3. The summed E-state index contributed by atoms with van der Waals surface area (Å²) in [5.41, 5.74) is 1.55. The Balaban J connectivity index is 1.44. The van der Waals surface area contributed by atoms with Crippen molar-refractivity contribution in [1.82, 2.24) is 14.9 Å². The summed E-state index contributed by atoms with van der Waals surface area (Å²) in [5, 5.41) is 12.0. The molecule has 1 aromatic heterocycles. The summed E-state index contributed by atoms with van der Waals surface area (Å²) < 4.78 is 11.4. The van der Waals surface area contributed by atoms with Crippen molar-refractivity contribution in [3.63, 3.8) is 0 Å². The van der Waals surface area contributed by atoms with Gasteiger partial charge in [0.05, 0.1) is 24.8 Å². The van der Waals surface area contributed by atoms with Crippen molar-refractivity contribution >= 4 is 17.5 Å². The number of anilines is 2. The van der Waals surface area contributed by atoms with Gasteiger partial charge in [0, 0.05) is 37.8 Å². The highest BCUT2D eigenvalue weighted by Crippen LogP contribution is 2.31. The van der Waals surface area contributed by atoms with Crippen molar-refractivity contribution in [3.05, 3.63) is 47.8 Å². The van der Waals surface area contributed by atoms with E-state index in [1.165, 1.54) is 0 Å². The monoisotopic (exact) mass is 365 g/mol. The lowest BCUT2D eigenvalue weighted by atomic mass is 10.0. The molecule has 2 saturated heterocycles. The summed E-state index contributed by atoms with van der Waals surface area (Å²) in [6.07, 6.45) is 2.87. The third-order valence-electron chi connectivity index (χ3n) is 4.75. The molecule has 0 aliphatic carbocycles. The lowest BCUT2D eigenvalue weighted by molar-refractivity contribution is -0.181. The van der Waals surface area contributed by atoms with Crippen LogP contribution in [0.25, 0.3) is 0 Å². The van der Waals surface area contributed by atoms with Gasteiger partial charge in [0.1, 0.15) is 5.69 Å². The van der Waals surface area contributed by atoms with E-state index >= 15 is 0 Å². The van der Waals surface area contributed by atoms with Crippen molar-refractivity contribution in [2.24, 2.45) is 0 Å². The Bertz CT molecular complexity index is 879. The maximum Gasteiger partial charge on any atom is 0.272 e. The van der Waals surface area contributed by atoms with E-state index in [1.54, 1.807) is 35.4 Å². The molecule has 27 heavy (non-hydrogen) atoms. The predicted molar refractivity (Wildman–Crippen MR) is 96.2 cm³/mol. The van der Waals surface area contributed by atoms with Gasteiger partial charge in [-0.25, -0.2) is 9.97 Å². The van der Waals surface area contributed by atoms with Gasteiger partial charge in [0.15, 0.2) is 5.79 Å². The molecule has 138 valence electrons. The number of nitrogens with one attached hydrogen (secondary N) is 1. The molecular formula is C19H19N5O3. The first-order chi connectivity index (χ1) is 13.2. The van der Waals surface area contributed by atoms with Gasteiger partial charge < -0.3 is 19.7 Å². The highest BCUT2D eigenvalue weighted by Gasteiger charge is 2.41. The van der Waals surface area contributed by atoms with Crippen LogP contribution in [0.1, 0.15) is 28.9 Å². The van der Waals surface area contributed by atoms with Gasteiger partial charge in [-0.15, -0.1) is 0 Å². The van der Waals surface area contributed by atoms with Crippen LogP contribution in [0.3, 0.4) is 0 Å². The summed E-state index contributed by atoms with van der Waals surface area (Å²) in [7, 11) is 0. The third kappa shape index (κ3) is 3.74. The average molecular weight is 365 g/mol. The van der Waals surface area contributed by atoms with Gasteiger partial charge in [-0.05, 0) is 24.3 Å². The van der Waals surface area contributed by atoms with E-state index in [-0.39, 0.29) is 5.91 Å². The first-order valence-corrected chi connectivity index (χ1v) is 8.85. The molecule has 0 unspecified atom stereocenters. The summed E-state index contributed by atoms with van der Waals surface area (Å²) in [6.45, 7) is 2.36. The second-order valence-electron chi connectivity index (χ2n) is 6.48. The molecular weight excluding hydrogens is 346 g/mol. The Hall–Kier alpha value is -3.02. The van der Waals surface area contributed by atoms with E-state index < -0.39 is 5.79 Å². The maximum absolute atomic E-state index is 12.8. The molecule has 1 amide bonds. The van der Waals surface area contributed by atoms with Crippen molar-refractivity contribution < 1.29 is 14.3 Å². The third-order valence-corrected chi connectivity index (χ3v) is 4.75. The van der Waals surface area contributed by atoms with Crippen molar-refractivity contribution in [2.45, 2.75) is 18.6 Å². The van der Waals surface area contributed by atoms with Gasteiger partial charge in [0.2, 0.25) is 5.95 Å². The van der Waals surface area contributed by atoms with Crippen molar-refractivity contribution in [3.8, 4) is 6.07 Å². The molecule has 8 nitrogen and oxygen atoms in total. The van der Waals surface area contributed by atoms with Gasteiger partial charge in [-0.1, -0.05) is 6.07 Å². The van der Waals surface area contributed by atoms with Crippen LogP contribution in [0.5, 0.6) is 0 Å². The van der Waals surface area contributed by atoms with Crippen LogP contribution in [-0.4, -0.2) is 52.9 Å². The number of piperidine rings is 1. The number of aromatic nitrogens is 2. The number of amides is 1. The quantitative estimate of drug-likeness (QED) is 0.888. The maximum atomic E-state index is 12.8. The highest BCUT2D eigenvalue weighted by atomic mass is 16.7. The minimum atomic E-state index is -0.513. The average Bonchev–Trinajstić information content (AvgIpc) is 3.16. The fourth-order valence-corrected chi connectivity index (χ4v) is 3.33. The Morgan fingerprint density at radius 2 is 2.00 bits per heavy atom. The summed E-state index contributed by atoms with van der Waals surface area (Å²) in [4.78, 5) is 23.0. The predicted octanol–water partition coefficient (Wildman–Crippen LogP) is 2.07. The van der Waals surface area contributed by atoms with Crippen LogP contribution in [0.15, 0.2) is 36.5 Å². The Labute approximate surface area is 156 Å². The first kappa shape index (κ1) is 17.4. The minimum absolute atomic E-state index is 0.140. The SMILES string of the molecule is N#Cc1cccc(Nc2nccc(C(=O)N3CCC4(CC3)OCCO4)n2)c1. The van der Waals surface area contributed by atoms with E-state index in [2.05, 4.69) is 21.4 Å².